The van der Waals surface area contributed by atoms with Gasteiger partial charge in [-0.25, -0.2) is 0 Å². The largest absolute Gasteiger partial charge is 0.383 e. The number of aromatic nitrogens is 1. The fourth-order valence-electron chi connectivity index (χ4n) is 2.29. The molecule has 1 atom stereocenters. The Labute approximate surface area is 127 Å². The SMILES string of the molecule is CCCC(COC)Nc1ccnc(C(=O)N(CC)CC)c1. The lowest BCUT2D eigenvalue weighted by molar-refractivity contribution is 0.0767. The number of anilines is 1. The van der Waals surface area contributed by atoms with E-state index in [9.17, 15) is 4.79 Å². The zero-order valence-corrected chi connectivity index (χ0v) is 13.6. The minimum absolute atomic E-state index is 0.0255. The predicted octanol–water partition coefficient (Wildman–Crippen LogP) is 2.79. The van der Waals surface area contributed by atoms with Crippen LogP contribution in [0.15, 0.2) is 18.3 Å². The average Bonchev–Trinajstić information content (AvgIpc) is 2.49. The Kier molecular flexibility index (Phi) is 7.75. The molecule has 118 valence electrons. The van der Waals surface area contributed by atoms with Gasteiger partial charge >= 0.3 is 0 Å². The first-order chi connectivity index (χ1) is 10.2. The van der Waals surface area contributed by atoms with Crippen LogP contribution in [-0.4, -0.2) is 48.6 Å². The Balaban J connectivity index is 2.81. The molecule has 0 aliphatic heterocycles. The van der Waals surface area contributed by atoms with Gasteiger partial charge in [0.15, 0.2) is 0 Å². The van der Waals surface area contributed by atoms with E-state index in [2.05, 4.69) is 17.2 Å². The molecule has 0 bridgehead atoms. The van der Waals surface area contributed by atoms with E-state index in [0.717, 1.165) is 18.5 Å². The van der Waals surface area contributed by atoms with Crippen molar-refractivity contribution < 1.29 is 9.53 Å². The van der Waals surface area contributed by atoms with Gasteiger partial charge in [-0.1, -0.05) is 13.3 Å². The minimum Gasteiger partial charge on any atom is -0.383 e. The highest BCUT2D eigenvalue weighted by atomic mass is 16.5. The Bertz CT molecular complexity index is 427. The van der Waals surface area contributed by atoms with Crippen molar-refractivity contribution >= 4 is 11.6 Å². The Morgan fingerprint density at radius 3 is 2.67 bits per heavy atom. The summed E-state index contributed by atoms with van der Waals surface area (Å²) in [5.41, 5.74) is 1.40. The summed E-state index contributed by atoms with van der Waals surface area (Å²) in [5.74, 6) is -0.0255. The summed E-state index contributed by atoms with van der Waals surface area (Å²) in [6, 6.07) is 3.95. The van der Waals surface area contributed by atoms with Crippen LogP contribution in [0.4, 0.5) is 5.69 Å². The van der Waals surface area contributed by atoms with Crippen molar-refractivity contribution in [2.75, 3.05) is 32.1 Å². The summed E-state index contributed by atoms with van der Waals surface area (Å²) in [5, 5.41) is 3.42. The van der Waals surface area contributed by atoms with Crippen LogP contribution in [0.25, 0.3) is 0 Å². The molecule has 0 saturated carbocycles. The van der Waals surface area contributed by atoms with Gasteiger partial charge in [0.2, 0.25) is 0 Å². The second-order valence-corrected chi connectivity index (χ2v) is 4.99. The fourth-order valence-corrected chi connectivity index (χ4v) is 2.29. The van der Waals surface area contributed by atoms with E-state index >= 15 is 0 Å². The molecule has 5 nitrogen and oxygen atoms in total. The van der Waals surface area contributed by atoms with Crippen molar-refractivity contribution in [3.8, 4) is 0 Å². The van der Waals surface area contributed by atoms with Gasteiger partial charge in [-0.05, 0) is 32.4 Å². The van der Waals surface area contributed by atoms with Gasteiger partial charge in [0.05, 0.1) is 6.61 Å². The molecular formula is C16H27N3O2. The number of nitrogens with one attached hydrogen (secondary N) is 1. The monoisotopic (exact) mass is 293 g/mol. The molecular weight excluding hydrogens is 266 g/mol. The normalized spacial score (nSPS) is 12.0. The topological polar surface area (TPSA) is 54.5 Å². The number of carbonyl (C=O) groups excluding carboxylic acids is 1. The number of amides is 1. The molecule has 1 unspecified atom stereocenters. The van der Waals surface area contributed by atoms with Crippen molar-refractivity contribution in [1.82, 2.24) is 9.88 Å². The molecule has 0 radical (unpaired) electrons. The summed E-state index contributed by atoms with van der Waals surface area (Å²) in [7, 11) is 1.70. The van der Waals surface area contributed by atoms with Gasteiger partial charge < -0.3 is 15.0 Å². The van der Waals surface area contributed by atoms with Gasteiger partial charge in [-0.2, -0.15) is 0 Å². The quantitative estimate of drug-likeness (QED) is 0.760. The molecule has 1 rings (SSSR count). The number of rotatable bonds is 9. The first kappa shape index (κ1) is 17.4. The summed E-state index contributed by atoms with van der Waals surface area (Å²) in [4.78, 5) is 18.3. The molecule has 1 N–H and O–H groups in total. The zero-order valence-electron chi connectivity index (χ0n) is 13.6. The molecule has 1 amide bonds. The van der Waals surface area contributed by atoms with Crippen LogP contribution in [0.1, 0.15) is 44.1 Å². The lowest BCUT2D eigenvalue weighted by Crippen LogP contribution is -2.31. The van der Waals surface area contributed by atoms with Gasteiger partial charge in [-0.3, -0.25) is 9.78 Å². The summed E-state index contributed by atoms with van der Waals surface area (Å²) in [6.07, 6.45) is 3.78. The predicted molar refractivity (Wildman–Crippen MR) is 85.7 cm³/mol. The average molecular weight is 293 g/mol. The first-order valence-corrected chi connectivity index (χ1v) is 7.66. The molecule has 1 heterocycles. The molecule has 0 saturated heterocycles. The molecule has 0 spiro atoms. The fraction of sp³-hybridized carbons (Fsp3) is 0.625. The maximum Gasteiger partial charge on any atom is 0.272 e. The van der Waals surface area contributed by atoms with Gasteiger partial charge in [-0.15, -0.1) is 0 Å². The van der Waals surface area contributed by atoms with Crippen LogP contribution >= 0.6 is 0 Å². The molecule has 21 heavy (non-hydrogen) atoms. The van der Waals surface area contributed by atoms with Gasteiger partial charge in [0, 0.05) is 38.1 Å². The van der Waals surface area contributed by atoms with E-state index in [0.29, 0.717) is 25.4 Å². The number of pyridine rings is 1. The van der Waals surface area contributed by atoms with E-state index in [1.165, 1.54) is 0 Å². The lowest BCUT2D eigenvalue weighted by atomic mass is 10.1. The van der Waals surface area contributed by atoms with Crippen LogP contribution in [0, 0.1) is 0 Å². The molecule has 0 aromatic carbocycles. The second kappa shape index (κ2) is 9.34. The molecule has 1 aromatic rings. The number of hydrogen-bond acceptors (Lipinski definition) is 4. The maximum atomic E-state index is 12.3. The molecule has 5 heteroatoms. The number of nitrogens with zero attached hydrogens (tertiary/aromatic N) is 2. The Hall–Kier alpha value is -1.62. The van der Waals surface area contributed by atoms with E-state index in [1.807, 2.05) is 26.0 Å². The molecule has 0 fully saturated rings. The van der Waals surface area contributed by atoms with E-state index in [4.69, 9.17) is 4.74 Å². The Morgan fingerprint density at radius 2 is 2.10 bits per heavy atom. The van der Waals surface area contributed by atoms with Crippen molar-refractivity contribution in [1.29, 1.82) is 0 Å². The maximum absolute atomic E-state index is 12.3. The van der Waals surface area contributed by atoms with E-state index in [1.54, 1.807) is 18.2 Å². The van der Waals surface area contributed by atoms with Crippen molar-refractivity contribution in [3.05, 3.63) is 24.0 Å². The standard InChI is InChI=1S/C16H27N3O2/c1-5-8-14(12-21-4)18-13-9-10-17-15(11-13)16(20)19(6-2)7-3/h9-11,14H,5-8,12H2,1-4H3,(H,17,18). The van der Waals surface area contributed by atoms with Gasteiger partial charge in [0.25, 0.3) is 5.91 Å². The third kappa shape index (κ3) is 5.34. The summed E-state index contributed by atoms with van der Waals surface area (Å²) in [6.45, 7) is 8.12. The van der Waals surface area contributed by atoms with Crippen LogP contribution in [0.5, 0.6) is 0 Å². The highest BCUT2D eigenvalue weighted by Crippen LogP contribution is 2.13. The molecule has 0 aliphatic rings. The number of carbonyl (C=O) groups is 1. The minimum atomic E-state index is -0.0255. The smallest absolute Gasteiger partial charge is 0.272 e. The summed E-state index contributed by atoms with van der Waals surface area (Å²) < 4.78 is 5.23. The van der Waals surface area contributed by atoms with Crippen molar-refractivity contribution in [3.63, 3.8) is 0 Å². The number of ether oxygens (including phenoxy) is 1. The third-order valence-corrected chi connectivity index (χ3v) is 3.41. The van der Waals surface area contributed by atoms with E-state index < -0.39 is 0 Å². The van der Waals surface area contributed by atoms with Crippen LogP contribution in [0.3, 0.4) is 0 Å². The third-order valence-electron chi connectivity index (χ3n) is 3.41. The van der Waals surface area contributed by atoms with Gasteiger partial charge in [0.1, 0.15) is 5.69 Å². The Morgan fingerprint density at radius 1 is 1.38 bits per heavy atom. The van der Waals surface area contributed by atoms with Crippen molar-refractivity contribution in [2.24, 2.45) is 0 Å². The highest BCUT2D eigenvalue weighted by molar-refractivity contribution is 5.93. The number of methoxy groups -OCH3 is 1. The molecule has 1 aromatic heterocycles. The van der Waals surface area contributed by atoms with Crippen LogP contribution < -0.4 is 5.32 Å². The first-order valence-electron chi connectivity index (χ1n) is 7.66. The van der Waals surface area contributed by atoms with Crippen LogP contribution in [-0.2, 0) is 4.74 Å². The zero-order chi connectivity index (χ0) is 15.7. The molecule has 0 aliphatic carbocycles. The van der Waals surface area contributed by atoms with Crippen molar-refractivity contribution in [2.45, 2.75) is 39.7 Å². The highest BCUT2D eigenvalue weighted by Gasteiger charge is 2.15. The second-order valence-electron chi connectivity index (χ2n) is 4.99. The van der Waals surface area contributed by atoms with E-state index in [-0.39, 0.29) is 11.9 Å². The van der Waals surface area contributed by atoms with Crippen LogP contribution in [0.2, 0.25) is 0 Å². The summed E-state index contributed by atoms with van der Waals surface area (Å²) >= 11 is 0. The lowest BCUT2D eigenvalue weighted by Gasteiger charge is -2.20. The number of hydrogen-bond donors (Lipinski definition) is 1.